The van der Waals surface area contributed by atoms with E-state index in [4.69, 9.17) is 4.74 Å². The molecule has 5 heteroatoms. The molecule has 0 aromatic rings. The van der Waals surface area contributed by atoms with Crippen molar-refractivity contribution in [3.05, 3.63) is 0 Å². The Bertz CT molecular complexity index is 734. The van der Waals surface area contributed by atoms with Crippen LogP contribution < -0.4 is 0 Å². The van der Waals surface area contributed by atoms with Crippen LogP contribution in [0.5, 0.6) is 0 Å². The first-order valence-electron chi connectivity index (χ1n) is 13.1. The normalized spacial score (nSPS) is 46.9. The molecule has 4 aliphatic rings. The SMILES string of the molecule is CC(C)OC(=O)CC[C@@H](C)C1CCC2C3C(C[C@H](O)[C@@]21C)[C@@]1(C)CCC(=O)CC1C[C@H]3O. The summed E-state index contributed by atoms with van der Waals surface area (Å²) < 4.78 is 5.32. The molecule has 32 heavy (non-hydrogen) atoms. The third-order valence-corrected chi connectivity index (χ3v) is 10.5. The first-order chi connectivity index (χ1) is 15.0. The van der Waals surface area contributed by atoms with Gasteiger partial charge in [-0.05, 0) is 98.7 Å². The topological polar surface area (TPSA) is 83.8 Å². The van der Waals surface area contributed by atoms with E-state index >= 15 is 0 Å². The number of hydrogen-bond acceptors (Lipinski definition) is 5. The molecule has 4 saturated carbocycles. The summed E-state index contributed by atoms with van der Waals surface area (Å²) >= 11 is 0. The highest BCUT2D eigenvalue weighted by molar-refractivity contribution is 5.79. The van der Waals surface area contributed by atoms with Crippen LogP contribution in [-0.4, -0.2) is 40.3 Å². The highest BCUT2D eigenvalue weighted by Crippen LogP contribution is 2.68. The first kappa shape index (κ1) is 24.2. The largest absolute Gasteiger partial charge is 0.463 e. The number of rotatable bonds is 5. The molecule has 5 unspecified atom stereocenters. The van der Waals surface area contributed by atoms with Gasteiger partial charge in [-0.3, -0.25) is 9.59 Å². The van der Waals surface area contributed by atoms with Gasteiger partial charge >= 0.3 is 5.97 Å². The zero-order chi connectivity index (χ0) is 23.4. The minimum atomic E-state index is -0.397. The Morgan fingerprint density at radius 2 is 1.84 bits per heavy atom. The first-order valence-corrected chi connectivity index (χ1v) is 13.1. The van der Waals surface area contributed by atoms with Gasteiger partial charge in [0.1, 0.15) is 5.78 Å². The molecule has 0 aromatic carbocycles. The van der Waals surface area contributed by atoms with Crippen LogP contribution in [0, 0.1) is 46.3 Å². The maximum atomic E-state index is 12.1. The number of Topliss-reactive ketones (excluding diaryl/α,β-unsaturated/α-hetero) is 1. The molecule has 4 aliphatic carbocycles. The summed E-state index contributed by atoms with van der Waals surface area (Å²) in [6, 6.07) is 0. The smallest absolute Gasteiger partial charge is 0.306 e. The Labute approximate surface area is 193 Å². The van der Waals surface area contributed by atoms with Crippen molar-refractivity contribution in [1.29, 1.82) is 0 Å². The highest BCUT2D eigenvalue weighted by atomic mass is 16.5. The summed E-state index contributed by atoms with van der Waals surface area (Å²) in [5.41, 5.74) is -0.179. The van der Waals surface area contributed by atoms with Crippen molar-refractivity contribution < 1.29 is 24.5 Å². The van der Waals surface area contributed by atoms with Crippen LogP contribution in [0.2, 0.25) is 0 Å². The van der Waals surface area contributed by atoms with Crippen LogP contribution in [0.25, 0.3) is 0 Å². The lowest BCUT2D eigenvalue weighted by Crippen LogP contribution is -2.62. The minimum Gasteiger partial charge on any atom is -0.463 e. The average molecular weight is 449 g/mol. The van der Waals surface area contributed by atoms with E-state index in [1.807, 2.05) is 13.8 Å². The Balaban J connectivity index is 1.53. The minimum absolute atomic E-state index is 0.0461. The second-order valence-electron chi connectivity index (χ2n) is 12.4. The molecule has 4 fully saturated rings. The number of carbonyl (C=O) groups is 2. The number of ether oxygens (including phenoxy) is 1. The molecule has 0 radical (unpaired) electrons. The van der Waals surface area contributed by atoms with Gasteiger partial charge in [0.25, 0.3) is 0 Å². The highest BCUT2D eigenvalue weighted by Gasteiger charge is 2.65. The maximum absolute atomic E-state index is 12.1. The van der Waals surface area contributed by atoms with Gasteiger partial charge in [0.2, 0.25) is 0 Å². The van der Waals surface area contributed by atoms with Crippen molar-refractivity contribution in [2.24, 2.45) is 46.3 Å². The number of esters is 1. The van der Waals surface area contributed by atoms with Gasteiger partial charge in [-0.2, -0.15) is 0 Å². The Morgan fingerprint density at radius 3 is 2.53 bits per heavy atom. The van der Waals surface area contributed by atoms with E-state index in [1.54, 1.807) is 0 Å². The lowest BCUT2D eigenvalue weighted by atomic mass is 9.43. The summed E-state index contributed by atoms with van der Waals surface area (Å²) in [5, 5.41) is 22.9. The number of carbonyl (C=O) groups excluding carboxylic acids is 2. The summed E-state index contributed by atoms with van der Waals surface area (Å²) in [6.07, 6.45) is 6.04. The van der Waals surface area contributed by atoms with Gasteiger partial charge < -0.3 is 14.9 Å². The molecule has 182 valence electrons. The molecule has 10 atom stereocenters. The Hall–Kier alpha value is -0.940. The number of fused-ring (bicyclic) bond motifs is 5. The molecule has 2 N–H and O–H groups in total. The van der Waals surface area contributed by atoms with E-state index in [0.717, 1.165) is 38.5 Å². The van der Waals surface area contributed by atoms with Crippen LogP contribution >= 0.6 is 0 Å². The van der Waals surface area contributed by atoms with E-state index in [1.165, 1.54) is 0 Å². The fourth-order valence-electron chi connectivity index (χ4n) is 8.81. The van der Waals surface area contributed by atoms with Crippen LogP contribution in [0.4, 0.5) is 0 Å². The van der Waals surface area contributed by atoms with Gasteiger partial charge in [-0.15, -0.1) is 0 Å². The predicted octanol–water partition coefficient (Wildman–Crippen LogP) is 4.52. The van der Waals surface area contributed by atoms with Crippen molar-refractivity contribution in [1.82, 2.24) is 0 Å². The van der Waals surface area contributed by atoms with Gasteiger partial charge in [0.15, 0.2) is 0 Å². The molecular formula is C27H44O5. The van der Waals surface area contributed by atoms with Crippen LogP contribution in [0.1, 0.15) is 92.4 Å². The van der Waals surface area contributed by atoms with Crippen molar-refractivity contribution >= 4 is 11.8 Å². The molecule has 4 rings (SSSR count). The molecule has 0 heterocycles. The van der Waals surface area contributed by atoms with Gasteiger partial charge in [0, 0.05) is 19.3 Å². The molecule has 0 saturated heterocycles. The fourth-order valence-corrected chi connectivity index (χ4v) is 8.81. The molecule has 0 amide bonds. The lowest BCUT2D eigenvalue weighted by molar-refractivity contribution is -0.201. The van der Waals surface area contributed by atoms with E-state index in [2.05, 4.69) is 20.8 Å². The van der Waals surface area contributed by atoms with Gasteiger partial charge in [0.05, 0.1) is 18.3 Å². The maximum Gasteiger partial charge on any atom is 0.306 e. The lowest BCUT2D eigenvalue weighted by Gasteiger charge is -2.63. The quantitative estimate of drug-likeness (QED) is 0.604. The summed E-state index contributed by atoms with van der Waals surface area (Å²) in [6.45, 7) is 10.6. The zero-order valence-electron chi connectivity index (χ0n) is 20.7. The van der Waals surface area contributed by atoms with Crippen molar-refractivity contribution in [2.75, 3.05) is 0 Å². The third kappa shape index (κ3) is 3.85. The third-order valence-electron chi connectivity index (χ3n) is 10.5. The second-order valence-corrected chi connectivity index (χ2v) is 12.4. The predicted molar refractivity (Wildman–Crippen MR) is 123 cm³/mol. The van der Waals surface area contributed by atoms with Crippen molar-refractivity contribution in [3.63, 3.8) is 0 Å². The molecule has 0 aromatic heterocycles. The molecular weight excluding hydrogens is 404 g/mol. The summed E-state index contributed by atoms with van der Waals surface area (Å²) in [7, 11) is 0. The molecule has 0 aliphatic heterocycles. The van der Waals surface area contributed by atoms with Gasteiger partial charge in [-0.25, -0.2) is 0 Å². The van der Waals surface area contributed by atoms with E-state index in [9.17, 15) is 19.8 Å². The Kier molecular flexibility index (Phi) is 6.57. The van der Waals surface area contributed by atoms with Crippen LogP contribution in [0.3, 0.4) is 0 Å². The Morgan fingerprint density at radius 1 is 1.12 bits per heavy atom. The van der Waals surface area contributed by atoms with Crippen molar-refractivity contribution in [2.45, 2.75) is 111 Å². The fraction of sp³-hybridized carbons (Fsp3) is 0.926. The molecule has 0 spiro atoms. The number of hydrogen-bond donors (Lipinski definition) is 2. The van der Waals surface area contributed by atoms with E-state index in [-0.39, 0.29) is 46.8 Å². The average Bonchev–Trinajstić information content (AvgIpc) is 3.06. The molecule has 0 bridgehead atoms. The standard InChI is InChI=1S/C27H44O5/c1-15(2)32-24(31)9-6-16(3)19-7-8-20-25-21(14-23(30)27(19,20)5)26(4)11-10-18(28)12-17(26)13-22(25)29/h15-17,19-23,25,29-30H,6-14H2,1-5H3/t16-,17?,19?,20?,21?,22-,23+,25?,26+,27-/m1/s1. The second kappa shape index (κ2) is 8.69. The molecule has 5 nitrogen and oxygen atoms in total. The monoisotopic (exact) mass is 448 g/mol. The zero-order valence-corrected chi connectivity index (χ0v) is 20.7. The van der Waals surface area contributed by atoms with Crippen LogP contribution in [0.15, 0.2) is 0 Å². The van der Waals surface area contributed by atoms with Crippen LogP contribution in [-0.2, 0) is 14.3 Å². The van der Waals surface area contributed by atoms with E-state index < -0.39 is 6.10 Å². The van der Waals surface area contributed by atoms with E-state index in [0.29, 0.717) is 42.8 Å². The van der Waals surface area contributed by atoms with Crippen molar-refractivity contribution in [3.8, 4) is 0 Å². The van der Waals surface area contributed by atoms with Gasteiger partial charge in [-0.1, -0.05) is 20.8 Å². The number of aliphatic hydroxyl groups is 2. The number of ketones is 1. The summed E-state index contributed by atoms with van der Waals surface area (Å²) in [4.78, 5) is 24.2. The summed E-state index contributed by atoms with van der Waals surface area (Å²) in [5.74, 6) is 1.92. The number of aliphatic hydroxyl groups excluding tert-OH is 2.